The molecule has 0 aromatic carbocycles. The predicted octanol–water partition coefficient (Wildman–Crippen LogP) is 0.0671. The van der Waals surface area contributed by atoms with Crippen molar-refractivity contribution in [1.29, 1.82) is 0 Å². The maximum absolute atomic E-state index is 12.8. The molecule has 0 radical (unpaired) electrons. The Hall–Kier alpha value is -1.34. The molecule has 1 atom stereocenters. The van der Waals surface area contributed by atoms with E-state index in [-0.39, 0.29) is 17.5 Å². The lowest BCUT2D eigenvalue weighted by Crippen LogP contribution is -2.64. The third-order valence-corrected chi connectivity index (χ3v) is 5.69. The Morgan fingerprint density at radius 3 is 2.48 bits per heavy atom. The van der Waals surface area contributed by atoms with Gasteiger partial charge in [-0.15, -0.1) is 0 Å². The Bertz CT molecular complexity index is 466. The summed E-state index contributed by atoms with van der Waals surface area (Å²) < 4.78 is 5.34. The first kappa shape index (κ1) is 16.5. The molecule has 130 valence electrons. The van der Waals surface area contributed by atoms with Crippen LogP contribution in [0.25, 0.3) is 0 Å². The molecule has 3 fully saturated rings. The summed E-state index contributed by atoms with van der Waals surface area (Å²) in [5.41, 5.74) is -0.0688. The van der Waals surface area contributed by atoms with Gasteiger partial charge in [0, 0.05) is 58.3 Å². The number of amides is 3. The standard InChI is InChI=1S/C16H28N4O3/c1-17-6-5-16(4-3-14(17)21)13-20(8-7-18(16)2)15(22)19-9-11-23-12-10-19/h3-13H2,1-2H3. The highest BCUT2D eigenvalue weighted by molar-refractivity contribution is 5.77. The SMILES string of the molecule is CN1CCC2(CCC1=O)CN(C(=O)N1CCOCC1)CCN2C. The van der Waals surface area contributed by atoms with E-state index in [9.17, 15) is 9.59 Å². The quantitative estimate of drug-likeness (QED) is 0.633. The lowest BCUT2D eigenvalue weighted by Gasteiger charge is -2.50. The molecule has 7 nitrogen and oxygen atoms in total. The van der Waals surface area contributed by atoms with Crippen LogP contribution in [0.4, 0.5) is 4.79 Å². The van der Waals surface area contributed by atoms with E-state index >= 15 is 0 Å². The van der Waals surface area contributed by atoms with Crippen molar-refractivity contribution in [2.45, 2.75) is 24.8 Å². The predicted molar refractivity (Wildman–Crippen MR) is 86.2 cm³/mol. The van der Waals surface area contributed by atoms with Crippen molar-refractivity contribution in [3.63, 3.8) is 0 Å². The van der Waals surface area contributed by atoms with Gasteiger partial charge in [-0.2, -0.15) is 0 Å². The molecule has 0 aliphatic carbocycles. The van der Waals surface area contributed by atoms with Crippen molar-refractivity contribution >= 4 is 11.9 Å². The van der Waals surface area contributed by atoms with Gasteiger partial charge in [0.25, 0.3) is 0 Å². The van der Waals surface area contributed by atoms with Gasteiger partial charge in [0.2, 0.25) is 5.91 Å². The van der Waals surface area contributed by atoms with Gasteiger partial charge in [0.15, 0.2) is 0 Å². The number of morpholine rings is 1. The first-order valence-electron chi connectivity index (χ1n) is 8.59. The molecule has 3 rings (SSSR count). The smallest absolute Gasteiger partial charge is 0.320 e. The van der Waals surface area contributed by atoms with Crippen LogP contribution in [0.2, 0.25) is 0 Å². The number of likely N-dealkylation sites (N-methyl/N-ethyl adjacent to an activating group) is 1. The molecule has 0 N–H and O–H groups in total. The number of hydrogen-bond donors (Lipinski definition) is 0. The second kappa shape index (κ2) is 6.65. The summed E-state index contributed by atoms with van der Waals surface area (Å²) in [4.78, 5) is 32.9. The van der Waals surface area contributed by atoms with E-state index in [0.717, 1.165) is 39.0 Å². The minimum atomic E-state index is -0.0688. The molecular weight excluding hydrogens is 296 g/mol. The zero-order valence-corrected chi connectivity index (χ0v) is 14.3. The summed E-state index contributed by atoms with van der Waals surface area (Å²) in [5.74, 6) is 0.215. The highest BCUT2D eigenvalue weighted by atomic mass is 16.5. The summed E-state index contributed by atoms with van der Waals surface area (Å²) in [6.07, 6.45) is 2.33. The van der Waals surface area contributed by atoms with E-state index < -0.39 is 0 Å². The Morgan fingerprint density at radius 2 is 1.74 bits per heavy atom. The van der Waals surface area contributed by atoms with Crippen LogP contribution in [0.1, 0.15) is 19.3 Å². The van der Waals surface area contributed by atoms with Gasteiger partial charge < -0.3 is 19.4 Å². The summed E-state index contributed by atoms with van der Waals surface area (Å²) in [7, 11) is 4.01. The van der Waals surface area contributed by atoms with Crippen molar-refractivity contribution in [3.05, 3.63) is 0 Å². The van der Waals surface area contributed by atoms with E-state index in [1.165, 1.54) is 0 Å². The number of ether oxygens (including phenoxy) is 1. The van der Waals surface area contributed by atoms with Crippen LogP contribution in [-0.4, -0.2) is 104 Å². The minimum absolute atomic E-state index is 0.0688. The first-order chi connectivity index (χ1) is 11.0. The van der Waals surface area contributed by atoms with Crippen LogP contribution in [0.3, 0.4) is 0 Å². The number of carbonyl (C=O) groups excluding carboxylic acids is 2. The normalized spacial score (nSPS) is 30.7. The summed E-state index contributed by atoms with van der Waals surface area (Å²) >= 11 is 0. The Morgan fingerprint density at radius 1 is 1.00 bits per heavy atom. The van der Waals surface area contributed by atoms with Crippen molar-refractivity contribution in [2.75, 3.05) is 66.6 Å². The van der Waals surface area contributed by atoms with Crippen LogP contribution in [0.5, 0.6) is 0 Å². The van der Waals surface area contributed by atoms with Crippen LogP contribution in [0.15, 0.2) is 0 Å². The van der Waals surface area contributed by atoms with E-state index in [0.29, 0.717) is 32.7 Å². The Labute approximate surface area is 138 Å². The number of rotatable bonds is 0. The van der Waals surface area contributed by atoms with Crippen LogP contribution >= 0.6 is 0 Å². The fraction of sp³-hybridized carbons (Fsp3) is 0.875. The number of carbonyl (C=O) groups is 2. The summed E-state index contributed by atoms with van der Waals surface area (Å²) in [6.45, 7) is 5.74. The lowest BCUT2D eigenvalue weighted by molar-refractivity contribution is -0.129. The molecule has 0 aromatic rings. The minimum Gasteiger partial charge on any atom is -0.378 e. The largest absolute Gasteiger partial charge is 0.378 e. The van der Waals surface area contributed by atoms with Crippen molar-refractivity contribution < 1.29 is 14.3 Å². The van der Waals surface area contributed by atoms with Gasteiger partial charge in [-0.3, -0.25) is 9.69 Å². The maximum atomic E-state index is 12.8. The zero-order valence-electron chi connectivity index (χ0n) is 14.3. The maximum Gasteiger partial charge on any atom is 0.320 e. The molecule has 0 saturated carbocycles. The number of urea groups is 1. The van der Waals surface area contributed by atoms with Crippen molar-refractivity contribution in [1.82, 2.24) is 19.6 Å². The molecule has 1 unspecified atom stereocenters. The van der Waals surface area contributed by atoms with Gasteiger partial charge >= 0.3 is 6.03 Å². The number of likely N-dealkylation sites (tertiary alicyclic amines) is 1. The number of nitrogens with zero attached hydrogens (tertiary/aromatic N) is 4. The molecule has 3 aliphatic heterocycles. The molecule has 23 heavy (non-hydrogen) atoms. The molecule has 1 spiro atoms. The van der Waals surface area contributed by atoms with Crippen molar-refractivity contribution in [3.8, 4) is 0 Å². The molecule has 3 aliphatic rings. The van der Waals surface area contributed by atoms with E-state index in [1.54, 1.807) is 0 Å². The van der Waals surface area contributed by atoms with Crippen molar-refractivity contribution in [2.24, 2.45) is 0 Å². The first-order valence-corrected chi connectivity index (χ1v) is 8.59. The molecular formula is C16H28N4O3. The third kappa shape index (κ3) is 3.30. The fourth-order valence-electron chi connectivity index (χ4n) is 3.88. The zero-order chi connectivity index (χ0) is 16.4. The van der Waals surface area contributed by atoms with Crippen LogP contribution in [0, 0.1) is 0 Å². The Balaban J connectivity index is 1.71. The third-order valence-electron chi connectivity index (χ3n) is 5.69. The Kier molecular flexibility index (Phi) is 4.77. The van der Waals surface area contributed by atoms with Gasteiger partial charge in [-0.05, 0) is 19.9 Å². The molecule has 0 aromatic heterocycles. The number of hydrogen-bond acceptors (Lipinski definition) is 4. The molecule has 3 saturated heterocycles. The molecule has 3 heterocycles. The second-order valence-electron chi connectivity index (χ2n) is 7.01. The highest BCUT2D eigenvalue weighted by Crippen LogP contribution is 2.32. The molecule has 3 amide bonds. The fourth-order valence-corrected chi connectivity index (χ4v) is 3.88. The van der Waals surface area contributed by atoms with Gasteiger partial charge in [0.1, 0.15) is 0 Å². The topological polar surface area (TPSA) is 56.3 Å². The van der Waals surface area contributed by atoms with Crippen LogP contribution in [-0.2, 0) is 9.53 Å². The summed E-state index contributed by atoms with van der Waals surface area (Å²) in [5, 5.41) is 0. The van der Waals surface area contributed by atoms with E-state index in [4.69, 9.17) is 4.74 Å². The van der Waals surface area contributed by atoms with E-state index in [1.807, 2.05) is 21.7 Å². The number of piperazine rings is 1. The second-order valence-corrected chi connectivity index (χ2v) is 7.01. The lowest BCUT2D eigenvalue weighted by atomic mass is 9.86. The average molecular weight is 324 g/mol. The monoisotopic (exact) mass is 324 g/mol. The van der Waals surface area contributed by atoms with Gasteiger partial charge in [0.05, 0.1) is 13.2 Å². The van der Waals surface area contributed by atoms with Gasteiger partial charge in [-0.25, -0.2) is 4.79 Å². The molecule has 0 bridgehead atoms. The summed E-state index contributed by atoms with van der Waals surface area (Å²) in [6, 6.07) is 0.129. The molecule has 7 heteroatoms. The van der Waals surface area contributed by atoms with Gasteiger partial charge in [-0.1, -0.05) is 0 Å². The van der Waals surface area contributed by atoms with E-state index in [2.05, 4.69) is 11.9 Å². The average Bonchev–Trinajstić information content (AvgIpc) is 2.72. The van der Waals surface area contributed by atoms with Crippen LogP contribution < -0.4 is 0 Å². The highest BCUT2D eigenvalue weighted by Gasteiger charge is 2.43.